The number of hydrogen-bond acceptors (Lipinski definition) is 7. The molecule has 1 fully saturated rings. The zero-order chi connectivity index (χ0) is 20.6. The maximum absolute atomic E-state index is 12.1. The summed E-state index contributed by atoms with van der Waals surface area (Å²) in [6.07, 6.45) is 8.68. The summed E-state index contributed by atoms with van der Waals surface area (Å²) in [4.78, 5) is 22.6. The molecule has 0 atom stereocenters. The number of carbonyl (C=O) groups excluding carboxylic acids is 1. The van der Waals surface area contributed by atoms with Crippen LogP contribution in [-0.2, 0) is 11.8 Å². The average Bonchev–Trinajstić information content (AvgIpc) is 3.22. The summed E-state index contributed by atoms with van der Waals surface area (Å²) in [5, 5.41) is 11.7. The van der Waals surface area contributed by atoms with E-state index in [4.69, 9.17) is 4.74 Å². The fraction of sp³-hybridized carbons (Fsp3) is 0.421. The van der Waals surface area contributed by atoms with E-state index in [9.17, 15) is 4.79 Å². The summed E-state index contributed by atoms with van der Waals surface area (Å²) in [5.74, 6) is 0.489. The molecular formula is C19H24N8O2. The van der Waals surface area contributed by atoms with Crippen molar-refractivity contribution in [1.29, 1.82) is 0 Å². The normalized spacial score (nSPS) is 14.6. The van der Waals surface area contributed by atoms with Gasteiger partial charge in [-0.3, -0.25) is 9.36 Å². The van der Waals surface area contributed by atoms with E-state index in [-0.39, 0.29) is 12.1 Å². The number of carbonyl (C=O) groups is 1. The first-order valence-electron chi connectivity index (χ1n) is 9.38. The average molecular weight is 396 g/mol. The Hall–Kier alpha value is -3.43. The van der Waals surface area contributed by atoms with Crippen molar-refractivity contribution in [3.63, 3.8) is 0 Å². The molecule has 4 heterocycles. The molecule has 152 valence electrons. The monoisotopic (exact) mass is 396 g/mol. The van der Waals surface area contributed by atoms with E-state index < -0.39 is 5.60 Å². The van der Waals surface area contributed by atoms with E-state index in [0.29, 0.717) is 19.0 Å². The minimum Gasteiger partial charge on any atom is -0.444 e. The minimum atomic E-state index is -0.490. The molecule has 3 aromatic heterocycles. The highest BCUT2D eigenvalue weighted by Gasteiger charge is 2.35. The van der Waals surface area contributed by atoms with E-state index in [2.05, 4.69) is 25.5 Å². The molecule has 29 heavy (non-hydrogen) atoms. The fourth-order valence-corrected chi connectivity index (χ4v) is 2.96. The first-order valence-corrected chi connectivity index (χ1v) is 9.38. The smallest absolute Gasteiger partial charge is 0.410 e. The number of likely N-dealkylation sites (tertiary alicyclic amines) is 1. The van der Waals surface area contributed by atoms with Gasteiger partial charge in [-0.25, -0.2) is 14.8 Å². The van der Waals surface area contributed by atoms with Crippen LogP contribution in [0.4, 0.5) is 16.4 Å². The molecule has 1 saturated heterocycles. The number of amides is 1. The number of nitrogens with zero attached hydrogens (tertiary/aromatic N) is 7. The second-order valence-electron chi connectivity index (χ2n) is 8.04. The van der Waals surface area contributed by atoms with Gasteiger partial charge in [0.2, 0.25) is 5.95 Å². The molecule has 0 spiro atoms. The highest BCUT2D eigenvalue weighted by Crippen LogP contribution is 2.26. The van der Waals surface area contributed by atoms with Gasteiger partial charge < -0.3 is 15.0 Å². The van der Waals surface area contributed by atoms with Crippen molar-refractivity contribution in [1.82, 2.24) is 34.4 Å². The van der Waals surface area contributed by atoms with E-state index in [1.165, 1.54) is 0 Å². The molecule has 0 aliphatic carbocycles. The molecule has 0 unspecified atom stereocenters. The maximum atomic E-state index is 12.1. The van der Waals surface area contributed by atoms with Crippen LogP contribution in [0.25, 0.3) is 11.3 Å². The second kappa shape index (κ2) is 7.19. The van der Waals surface area contributed by atoms with Crippen LogP contribution in [0.1, 0.15) is 26.8 Å². The number of aryl methyl sites for hydroxylation is 1. The third-order valence-electron chi connectivity index (χ3n) is 4.40. The van der Waals surface area contributed by atoms with Crippen molar-refractivity contribution in [3.05, 3.63) is 37.1 Å². The predicted octanol–water partition coefficient (Wildman–Crippen LogP) is 2.61. The van der Waals surface area contributed by atoms with Gasteiger partial charge in [0.1, 0.15) is 5.60 Å². The van der Waals surface area contributed by atoms with Gasteiger partial charge in [0, 0.05) is 44.3 Å². The van der Waals surface area contributed by atoms with E-state index in [1.807, 2.05) is 51.0 Å². The highest BCUT2D eigenvalue weighted by molar-refractivity contribution is 5.69. The molecule has 10 nitrogen and oxygen atoms in total. The molecule has 1 aliphatic heterocycles. The van der Waals surface area contributed by atoms with Crippen LogP contribution in [-0.4, -0.2) is 59.2 Å². The summed E-state index contributed by atoms with van der Waals surface area (Å²) in [5.41, 5.74) is 1.98. The summed E-state index contributed by atoms with van der Waals surface area (Å²) in [7, 11) is 1.85. The van der Waals surface area contributed by atoms with Crippen LogP contribution in [0.3, 0.4) is 0 Å². The van der Waals surface area contributed by atoms with Gasteiger partial charge in [0.25, 0.3) is 0 Å². The lowest BCUT2D eigenvalue weighted by atomic mass is 10.1. The van der Waals surface area contributed by atoms with Crippen LogP contribution in [0.2, 0.25) is 0 Å². The standard InChI is InChI=1S/C19H24N8O2/c1-19(2,3)29-18(28)26-11-15(12-26)27-9-13(7-22-27)16-5-6-20-17(24-16)23-14-8-21-25(4)10-14/h5-10,15H,11-12H2,1-4H3,(H,20,23,24). The molecule has 0 aromatic carbocycles. The largest absolute Gasteiger partial charge is 0.444 e. The van der Waals surface area contributed by atoms with Crippen molar-refractivity contribution in [2.75, 3.05) is 18.4 Å². The number of aromatic nitrogens is 6. The Bertz CT molecular complexity index is 1010. The van der Waals surface area contributed by atoms with Gasteiger partial charge in [0.05, 0.1) is 29.8 Å². The highest BCUT2D eigenvalue weighted by atomic mass is 16.6. The number of nitrogens with one attached hydrogen (secondary N) is 1. The number of hydrogen-bond donors (Lipinski definition) is 1. The van der Waals surface area contributed by atoms with Gasteiger partial charge in [-0.15, -0.1) is 0 Å². The molecule has 0 radical (unpaired) electrons. The van der Waals surface area contributed by atoms with Gasteiger partial charge in [-0.05, 0) is 26.8 Å². The molecule has 0 saturated carbocycles. The Kier molecular flexibility index (Phi) is 4.69. The molecule has 1 amide bonds. The lowest BCUT2D eigenvalue weighted by Crippen LogP contribution is -2.52. The minimum absolute atomic E-state index is 0.131. The van der Waals surface area contributed by atoms with Crippen molar-refractivity contribution in [3.8, 4) is 11.3 Å². The first kappa shape index (κ1) is 18.9. The summed E-state index contributed by atoms with van der Waals surface area (Å²) >= 11 is 0. The molecule has 3 aromatic rings. The lowest BCUT2D eigenvalue weighted by Gasteiger charge is -2.39. The van der Waals surface area contributed by atoms with Crippen molar-refractivity contribution < 1.29 is 9.53 Å². The van der Waals surface area contributed by atoms with Crippen LogP contribution in [0, 0.1) is 0 Å². The van der Waals surface area contributed by atoms with Crippen LogP contribution in [0.15, 0.2) is 37.1 Å². The van der Waals surface area contributed by atoms with Crippen molar-refractivity contribution in [2.45, 2.75) is 32.4 Å². The number of ether oxygens (including phenoxy) is 1. The SMILES string of the molecule is Cn1cc(Nc2nccc(-c3cnn(C4CN(C(=O)OC(C)(C)C)C4)c3)n2)cn1. The third kappa shape index (κ3) is 4.36. The summed E-state index contributed by atoms with van der Waals surface area (Å²) in [6, 6.07) is 1.97. The van der Waals surface area contributed by atoms with E-state index in [1.54, 1.807) is 28.2 Å². The zero-order valence-electron chi connectivity index (χ0n) is 16.9. The summed E-state index contributed by atoms with van der Waals surface area (Å²) < 4.78 is 8.96. The van der Waals surface area contributed by atoms with Gasteiger partial charge in [-0.2, -0.15) is 10.2 Å². The molecule has 1 N–H and O–H groups in total. The Balaban J connectivity index is 1.40. The maximum Gasteiger partial charge on any atom is 0.410 e. The first-order chi connectivity index (χ1) is 13.8. The molecule has 10 heteroatoms. The lowest BCUT2D eigenvalue weighted by molar-refractivity contribution is -0.000382. The van der Waals surface area contributed by atoms with Crippen LogP contribution >= 0.6 is 0 Å². The Labute approximate surface area is 168 Å². The Morgan fingerprint density at radius 1 is 1.21 bits per heavy atom. The molecular weight excluding hydrogens is 372 g/mol. The Morgan fingerprint density at radius 2 is 2.00 bits per heavy atom. The van der Waals surface area contributed by atoms with Crippen molar-refractivity contribution >= 4 is 17.7 Å². The third-order valence-corrected chi connectivity index (χ3v) is 4.40. The molecule has 4 rings (SSSR count). The van der Waals surface area contributed by atoms with Gasteiger partial charge >= 0.3 is 6.09 Å². The quantitative estimate of drug-likeness (QED) is 0.723. The van der Waals surface area contributed by atoms with Gasteiger partial charge in [0.15, 0.2) is 0 Å². The zero-order valence-corrected chi connectivity index (χ0v) is 16.9. The topological polar surface area (TPSA) is 103 Å². The van der Waals surface area contributed by atoms with Crippen LogP contribution < -0.4 is 5.32 Å². The number of anilines is 2. The molecule has 1 aliphatic rings. The van der Waals surface area contributed by atoms with E-state index in [0.717, 1.165) is 16.9 Å². The molecule has 0 bridgehead atoms. The fourth-order valence-electron chi connectivity index (χ4n) is 2.96. The second-order valence-corrected chi connectivity index (χ2v) is 8.04. The van der Waals surface area contributed by atoms with Gasteiger partial charge in [-0.1, -0.05) is 0 Å². The number of rotatable bonds is 4. The van der Waals surface area contributed by atoms with Crippen LogP contribution in [0.5, 0.6) is 0 Å². The predicted molar refractivity (Wildman–Crippen MR) is 107 cm³/mol. The Morgan fingerprint density at radius 3 is 2.69 bits per heavy atom. The summed E-state index contributed by atoms with van der Waals surface area (Å²) in [6.45, 7) is 6.74. The van der Waals surface area contributed by atoms with E-state index >= 15 is 0 Å². The van der Waals surface area contributed by atoms with Crippen molar-refractivity contribution in [2.24, 2.45) is 7.05 Å².